The quantitative estimate of drug-likeness (QED) is 0.264. The highest BCUT2D eigenvalue weighted by molar-refractivity contribution is 5.94. The normalized spacial score (nSPS) is 17.4. The number of aromatic amines is 1. The molecule has 13 heteroatoms. The fraction of sp³-hybridized carbons (Fsp3) is 0.444. The maximum Gasteiger partial charge on any atom is 0.389 e. The largest absolute Gasteiger partial charge is 0.389 e. The summed E-state index contributed by atoms with van der Waals surface area (Å²) in [6, 6.07) is 5.70. The van der Waals surface area contributed by atoms with E-state index in [9.17, 15) is 40.3 Å². The van der Waals surface area contributed by atoms with Crippen molar-refractivity contribution in [3.05, 3.63) is 65.0 Å². The maximum absolute atomic E-state index is 14.3. The lowest BCUT2D eigenvalue weighted by molar-refractivity contribution is -0.144. The minimum atomic E-state index is -4.45. The van der Waals surface area contributed by atoms with E-state index in [-0.39, 0.29) is 18.7 Å². The first-order valence-corrected chi connectivity index (χ1v) is 12.7. The summed E-state index contributed by atoms with van der Waals surface area (Å²) in [6.45, 7) is 1.60. The summed E-state index contributed by atoms with van der Waals surface area (Å²) in [7, 11) is 0. The lowest BCUT2D eigenvalue weighted by Gasteiger charge is -2.33. The first kappa shape index (κ1) is 29.3. The van der Waals surface area contributed by atoms with Crippen molar-refractivity contribution in [2.24, 2.45) is 5.92 Å². The van der Waals surface area contributed by atoms with Crippen LogP contribution in [-0.2, 0) is 4.79 Å². The summed E-state index contributed by atoms with van der Waals surface area (Å²) in [6.07, 6.45) is -7.12. The van der Waals surface area contributed by atoms with Crippen molar-refractivity contribution in [3.63, 3.8) is 0 Å². The van der Waals surface area contributed by atoms with Gasteiger partial charge in [0, 0.05) is 19.3 Å². The van der Waals surface area contributed by atoms with Crippen LogP contribution < -0.4 is 10.6 Å². The van der Waals surface area contributed by atoms with Crippen LogP contribution in [0.4, 0.5) is 30.7 Å². The van der Waals surface area contributed by atoms with E-state index in [1.165, 1.54) is 0 Å². The predicted octanol–water partition coefficient (Wildman–Crippen LogP) is 6.66. The number of H-pyrrole nitrogens is 1. The fourth-order valence-corrected chi connectivity index (χ4v) is 4.81. The Balaban J connectivity index is 1.58. The molecule has 1 aliphatic rings. The Morgan fingerprint density at radius 3 is 2.45 bits per heavy atom. The smallest absolute Gasteiger partial charge is 0.350 e. The third-order valence-electron chi connectivity index (χ3n) is 7.02. The van der Waals surface area contributed by atoms with Crippen LogP contribution in [0.1, 0.15) is 79.3 Å². The van der Waals surface area contributed by atoms with E-state index in [4.69, 9.17) is 0 Å². The summed E-state index contributed by atoms with van der Waals surface area (Å²) >= 11 is 0. The van der Waals surface area contributed by atoms with Gasteiger partial charge in [-0.2, -0.15) is 13.2 Å². The Hall–Kier alpha value is -3.64. The fourth-order valence-electron chi connectivity index (χ4n) is 4.81. The minimum absolute atomic E-state index is 0.0485. The van der Waals surface area contributed by atoms with Crippen molar-refractivity contribution < 1.29 is 40.3 Å². The second-order valence-electron chi connectivity index (χ2n) is 10.1. The molecule has 0 radical (unpaired) electrons. The molecule has 0 bridgehead atoms. The predicted molar refractivity (Wildman–Crippen MR) is 131 cm³/mol. The zero-order valence-corrected chi connectivity index (χ0v) is 21.3. The molecule has 2 atom stereocenters. The van der Waals surface area contributed by atoms with Gasteiger partial charge in [0.1, 0.15) is 17.5 Å². The van der Waals surface area contributed by atoms with E-state index in [0.29, 0.717) is 16.6 Å². The van der Waals surface area contributed by atoms with Gasteiger partial charge in [-0.15, -0.1) is 0 Å². The van der Waals surface area contributed by atoms with Crippen LogP contribution in [0.25, 0.3) is 11.0 Å². The molecule has 1 aromatic heterocycles. The molecule has 3 N–H and O–H groups in total. The Labute approximate surface area is 224 Å². The third-order valence-corrected chi connectivity index (χ3v) is 7.02. The molecular formula is C27H27F7N4O2. The molecule has 0 aliphatic heterocycles. The number of alkyl halides is 5. The number of nitrogens with one attached hydrogen (secondary N) is 3. The number of rotatable bonds is 8. The molecule has 1 saturated carbocycles. The molecule has 40 heavy (non-hydrogen) atoms. The van der Waals surface area contributed by atoms with Crippen LogP contribution in [-0.4, -0.2) is 33.9 Å². The van der Waals surface area contributed by atoms with E-state index in [1.807, 2.05) is 0 Å². The molecule has 0 spiro atoms. The Bertz CT molecular complexity index is 1380. The van der Waals surface area contributed by atoms with Gasteiger partial charge in [-0.1, -0.05) is 6.07 Å². The van der Waals surface area contributed by atoms with Gasteiger partial charge in [-0.3, -0.25) is 9.59 Å². The third kappa shape index (κ3) is 7.30. The molecule has 2 aromatic carbocycles. The summed E-state index contributed by atoms with van der Waals surface area (Å²) in [4.78, 5) is 32.4. The average molecular weight is 573 g/mol. The van der Waals surface area contributed by atoms with Crippen LogP contribution in [0.2, 0.25) is 0 Å². The van der Waals surface area contributed by atoms with E-state index in [2.05, 4.69) is 20.6 Å². The number of carbonyl (C=O) groups is 2. The Kier molecular flexibility index (Phi) is 8.41. The molecular weight excluding hydrogens is 545 g/mol. The zero-order chi connectivity index (χ0) is 29.2. The minimum Gasteiger partial charge on any atom is -0.350 e. The van der Waals surface area contributed by atoms with Gasteiger partial charge in [0.05, 0.1) is 35.1 Å². The van der Waals surface area contributed by atoms with Crippen LogP contribution in [0.5, 0.6) is 0 Å². The number of hydrogen-bond acceptors (Lipinski definition) is 3. The van der Waals surface area contributed by atoms with Gasteiger partial charge >= 0.3 is 6.18 Å². The highest BCUT2D eigenvalue weighted by Crippen LogP contribution is 2.41. The van der Waals surface area contributed by atoms with Crippen molar-refractivity contribution in [2.75, 3.05) is 0 Å². The summed E-state index contributed by atoms with van der Waals surface area (Å²) in [5.74, 6) is -6.58. The van der Waals surface area contributed by atoms with Gasteiger partial charge in [0.25, 0.3) is 5.91 Å². The van der Waals surface area contributed by atoms with Gasteiger partial charge < -0.3 is 15.6 Å². The topological polar surface area (TPSA) is 86.9 Å². The molecule has 216 valence electrons. The maximum atomic E-state index is 14.3. The van der Waals surface area contributed by atoms with E-state index in [1.54, 1.807) is 25.1 Å². The number of amides is 2. The number of carbonyl (C=O) groups excluding carboxylic acids is 2. The molecule has 3 aromatic rings. The molecule has 2 amide bonds. The number of benzene rings is 2. The van der Waals surface area contributed by atoms with Crippen molar-refractivity contribution in [1.29, 1.82) is 0 Å². The molecule has 4 rings (SSSR count). The van der Waals surface area contributed by atoms with E-state index in [0.717, 1.165) is 18.2 Å². The summed E-state index contributed by atoms with van der Waals surface area (Å²) in [5.41, 5.74) is 0.912. The van der Waals surface area contributed by atoms with Crippen LogP contribution in [0.15, 0.2) is 36.4 Å². The monoisotopic (exact) mass is 572 g/mol. The van der Waals surface area contributed by atoms with Crippen LogP contribution in [0, 0.1) is 17.6 Å². The average Bonchev–Trinajstić information content (AvgIpc) is 3.30. The second-order valence-corrected chi connectivity index (χ2v) is 10.1. The Morgan fingerprint density at radius 1 is 1.07 bits per heavy atom. The van der Waals surface area contributed by atoms with Crippen molar-refractivity contribution in [1.82, 2.24) is 20.6 Å². The van der Waals surface area contributed by atoms with Crippen molar-refractivity contribution in [2.45, 2.75) is 69.6 Å². The number of fused-ring (bicyclic) bond motifs is 1. The lowest BCUT2D eigenvalue weighted by atomic mass is 9.81. The standard InChI is InChI=1S/C27H27F7N4O2/c1-14(35-22(39)8-11-27(32,33)34)16-2-5-20-21(12-16)37-24(36-20)23(15-6-9-26(30,31)10-7-15)38-25(40)18-13-17(28)3-4-19(18)29/h2-5,12-15,23H,6-11H2,1H3,(H,35,39)(H,36,37)(H,38,40)/t14-,23+/m1/s1. The highest BCUT2D eigenvalue weighted by Gasteiger charge is 2.39. The van der Waals surface area contributed by atoms with E-state index < -0.39 is 84.8 Å². The number of halogens is 7. The zero-order valence-electron chi connectivity index (χ0n) is 21.3. The molecule has 1 heterocycles. The van der Waals surface area contributed by atoms with Crippen molar-refractivity contribution >= 4 is 22.8 Å². The molecule has 6 nitrogen and oxygen atoms in total. The first-order chi connectivity index (χ1) is 18.7. The van der Waals surface area contributed by atoms with Gasteiger partial charge in [0.15, 0.2) is 0 Å². The first-order valence-electron chi connectivity index (χ1n) is 12.7. The van der Waals surface area contributed by atoms with Crippen LogP contribution >= 0.6 is 0 Å². The van der Waals surface area contributed by atoms with Crippen molar-refractivity contribution in [3.8, 4) is 0 Å². The van der Waals surface area contributed by atoms with Crippen LogP contribution in [0.3, 0.4) is 0 Å². The number of nitrogens with zero attached hydrogens (tertiary/aromatic N) is 1. The van der Waals surface area contributed by atoms with E-state index >= 15 is 0 Å². The highest BCUT2D eigenvalue weighted by atomic mass is 19.4. The van der Waals surface area contributed by atoms with Gasteiger partial charge in [-0.05, 0) is 61.6 Å². The van der Waals surface area contributed by atoms with Gasteiger partial charge in [0.2, 0.25) is 11.8 Å². The second kappa shape index (κ2) is 11.5. The lowest BCUT2D eigenvalue weighted by Crippen LogP contribution is -2.38. The number of imidazole rings is 1. The molecule has 0 saturated heterocycles. The van der Waals surface area contributed by atoms with Gasteiger partial charge in [-0.25, -0.2) is 22.5 Å². The molecule has 0 unspecified atom stereocenters. The summed E-state index contributed by atoms with van der Waals surface area (Å²) in [5, 5.41) is 5.14. The number of hydrogen-bond donors (Lipinski definition) is 3. The molecule has 1 aliphatic carbocycles. The SMILES string of the molecule is C[C@@H](NC(=O)CCC(F)(F)F)c1ccc2nc([C@@H](NC(=O)c3cc(F)ccc3F)C3CCC(F)(F)CC3)[nH]c2c1. The number of aromatic nitrogens is 2. The summed E-state index contributed by atoms with van der Waals surface area (Å²) < 4.78 is 92.9. The Morgan fingerprint density at radius 2 is 1.77 bits per heavy atom. The molecule has 1 fully saturated rings.